The minimum Gasteiger partial charge on any atom is -0.434 e. The quantitative estimate of drug-likeness (QED) is 0.410. The van der Waals surface area contributed by atoms with Crippen LogP contribution in [-0.2, 0) is 16.0 Å². The Morgan fingerprint density at radius 1 is 0.875 bits per heavy atom. The van der Waals surface area contributed by atoms with Gasteiger partial charge >= 0.3 is 6.16 Å². The summed E-state index contributed by atoms with van der Waals surface area (Å²) in [6.07, 6.45) is -0.838. The predicted octanol–water partition coefficient (Wildman–Crippen LogP) is 4.79. The third-order valence-corrected chi connectivity index (χ3v) is 4.28. The van der Waals surface area contributed by atoms with Crippen molar-refractivity contribution in [2.45, 2.75) is 13.3 Å². The van der Waals surface area contributed by atoms with Gasteiger partial charge in [0.25, 0.3) is 5.91 Å². The number of hydrogen-bond acceptors (Lipinski definition) is 5. The highest BCUT2D eigenvalue weighted by Crippen LogP contribution is 2.23. The van der Waals surface area contributed by atoms with Crippen molar-refractivity contribution in [1.29, 1.82) is 0 Å². The predicted molar refractivity (Wildman–Crippen MR) is 117 cm³/mol. The second-order valence-electron chi connectivity index (χ2n) is 6.66. The first-order valence-corrected chi connectivity index (χ1v) is 9.84. The van der Waals surface area contributed by atoms with Crippen LogP contribution in [-0.4, -0.2) is 24.6 Å². The number of benzene rings is 3. The van der Waals surface area contributed by atoms with E-state index in [1.807, 2.05) is 0 Å². The number of rotatable bonds is 7. The summed E-state index contributed by atoms with van der Waals surface area (Å²) in [5.74, 6) is -0.941. The molecule has 2 amide bonds. The number of carbonyl (C=O) groups excluding carboxylic acids is 3. The Morgan fingerprint density at radius 3 is 2.22 bits per heavy atom. The summed E-state index contributed by atoms with van der Waals surface area (Å²) in [6.45, 7) is 1.86. The van der Waals surface area contributed by atoms with Crippen LogP contribution in [0.3, 0.4) is 0 Å². The number of ether oxygens (including phenoxy) is 2. The molecule has 3 aromatic rings. The maximum Gasteiger partial charge on any atom is 0.513 e. The SMILES string of the molecule is CCOC(=O)Oc1ccc(C(=O)Nc2ccccc2NC(=O)Cc2cccc(F)c2)cc1. The Morgan fingerprint density at radius 2 is 1.56 bits per heavy atom. The van der Waals surface area contributed by atoms with Crippen molar-refractivity contribution >= 4 is 29.3 Å². The van der Waals surface area contributed by atoms with Gasteiger partial charge in [-0.3, -0.25) is 9.59 Å². The van der Waals surface area contributed by atoms with Crippen LogP contribution >= 0.6 is 0 Å². The van der Waals surface area contributed by atoms with E-state index in [2.05, 4.69) is 10.6 Å². The Hall–Kier alpha value is -4.20. The highest BCUT2D eigenvalue weighted by Gasteiger charge is 2.13. The zero-order valence-electron chi connectivity index (χ0n) is 17.3. The first kappa shape index (κ1) is 22.5. The normalized spacial score (nSPS) is 10.2. The lowest BCUT2D eigenvalue weighted by molar-refractivity contribution is -0.115. The van der Waals surface area contributed by atoms with Crippen molar-refractivity contribution < 1.29 is 28.2 Å². The minimum absolute atomic E-state index is 0.0119. The van der Waals surface area contributed by atoms with E-state index < -0.39 is 17.9 Å². The first-order chi connectivity index (χ1) is 15.4. The van der Waals surface area contributed by atoms with Crippen LogP contribution in [0.1, 0.15) is 22.8 Å². The van der Waals surface area contributed by atoms with Gasteiger partial charge in [-0.1, -0.05) is 24.3 Å². The molecule has 0 bridgehead atoms. The molecule has 0 heterocycles. The number of para-hydroxylation sites is 2. The highest BCUT2D eigenvalue weighted by atomic mass is 19.1. The van der Waals surface area contributed by atoms with E-state index >= 15 is 0 Å². The average molecular weight is 436 g/mol. The van der Waals surface area contributed by atoms with Gasteiger partial charge in [-0.2, -0.15) is 0 Å². The van der Waals surface area contributed by atoms with Gasteiger partial charge in [-0.25, -0.2) is 9.18 Å². The summed E-state index contributed by atoms with van der Waals surface area (Å²) in [5, 5.41) is 5.47. The third-order valence-electron chi connectivity index (χ3n) is 4.28. The molecule has 0 aliphatic rings. The molecule has 0 radical (unpaired) electrons. The van der Waals surface area contributed by atoms with Crippen LogP contribution in [0.5, 0.6) is 5.75 Å². The molecule has 32 heavy (non-hydrogen) atoms. The topological polar surface area (TPSA) is 93.7 Å². The van der Waals surface area contributed by atoms with Gasteiger partial charge in [-0.05, 0) is 61.0 Å². The van der Waals surface area contributed by atoms with E-state index in [4.69, 9.17) is 9.47 Å². The zero-order valence-corrected chi connectivity index (χ0v) is 17.3. The van der Waals surface area contributed by atoms with Crippen LogP contribution < -0.4 is 15.4 Å². The van der Waals surface area contributed by atoms with Crippen LogP contribution in [0.25, 0.3) is 0 Å². The smallest absolute Gasteiger partial charge is 0.434 e. The standard InChI is InChI=1S/C24H21FN2O5/c1-2-31-24(30)32-19-12-10-17(11-13-19)23(29)27-21-9-4-3-8-20(21)26-22(28)15-16-6-5-7-18(25)14-16/h3-14H,2,15H2,1H3,(H,26,28)(H,27,29). The van der Waals surface area contributed by atoms with Gasteiger partial charge in [0.05, 0.1) is 24.4 Å². The summed E-state index contributed by atoms with van der Waals surface area (Å²) in [7, 11) is 0. The van der Waals surface area contributed by atoms with Crippen LogP contribution in [0.4, 0.5) is 20.6 Å². The fraction of sp³-hybridized carbons (Fsp3) is 0.125. The molecule has 0 spiro atoms. The van der Waals surface area contributed by atoms with E-state index in [-0.39, 0.29) is 24.7 Å². The van der Waals surface area contributed by atoms with Gasteiger partial charge in [-0.15, -0.1) is 0 Å². The molecule has 0 aliphatic heterocycles. The summed E-state index contributed by atoms with van der Waals surface area (Å²) >= 11 is 0. The molecule has 2 N–H and O–H groups in total. The molecule has 8 heteroatoms. The largest absolute Gasteiger partial charge is 0.513 e. The van der Waals surface area contributed by atoms with Crippen LogP contribution in [0.2, 0.25) is 0 Å². The van der Waals surface area contributed by atoms with Gasteiger partial charge in [0, 0.05) is 5.56 Å². The zero-order chi connectivity index (χ0) is 22.9. The third kappa shape index (κ3) is 6.40. The molecule has 0 saturated carbocycles. The van der Waals surface area contributed by atoms with Crippen molar-refractivity contribution in [2.24, 2.45) is 0 Å². The van der Waals surface area contributed by atoms with E-state index in [1.165, 1.54) is 42.5 Å². The van der Waals surface area contributed by atoms with E-state index in [1.54, 1.807) is 37.3 Å². The van der Waals surface area contributed by atoms with Gasteiger partial charge < -0.3 is 20.1 Å². The minimum atomic E-state index is -0.826. The molecular formula is C24H21FN2O5. The van der Waals surface area contributed by atoms with Crippen molar-refractivity contribution in [3.8, 4) is 5.75 Å². The van der Waals surface area contributed by atoms with Crippen molar-refractivity contribution in [1.82, 2.24) is 0 Å². The summed E-state index contributed by atoms with van der Waals surface area (Å²) in [5.41, 5.74) is 1.66. The lowest BCUT2D eigenvalue weighted by atomic mass is 10.1. The molecule has 3 rings (SSSR count). The molecule has 0 unspecified atom stereocenters. The van der Waals surface area contributed by atoms with Crippen molar-refractivity contribution in [2.75, 3.05) is 17.2 Å². The monoisotopic (exact) mass is 436 g/mol. The maximum atomic E-state index is 13.3. The number of nitrogens with one attached hydrogen (secondary N) is 2. The summed E-state index contributed by atoms with van der Waals surface area (Å²) in [4.78, 5) is 36.3. The van der Waals surface area contributed by atoms with Gasteiger partial charge in [0.2, 0.25) is 5.91 Å². The Labute approximate surface area is 184 Å². The van der Waals surface area contributed by atoms with E-state index in [9.17, 15) is 18.8 Å². The molecule has 7 nitrogen and oxygen atoms in total. The number of amides is 2. The second kappa shape index (κ2) is 10.7. The summed E-state index contributed by atoms with van der Waals surface area (Å²) < 4.78 is 23.0. The Balaban J connectivity index is 1.64. The molecule has 0 saturated heterocycles. The Bertz CT molecular complexity index is 1120. The van der Waals surface area contributed by atoms with Crippen molar-refractivity contribution in [3.63, 3.8) is 0 Å². The van der Waals surface area contributed by atoms with E-state index in [0.717, 1.165) is 0 Å². The molecule has 3 aromatic carbocycles. The molecular weight excluding hydrogens is 415 g/mol. The summed E-state index contributed by atoms with van der Waals surface area (Å²) in [6, 6.07) is 18.5. The molecule has 0 aliphatic carbocycles. The lowest BCUT2D eigenvalue weighted by Gasteiger charge is -2.13. The number of halogens is 1. The fourth-order valence-electron chi connectivity index (χ4n) is 2.84. The molecule has 0 atom stereocenters. The number of carbonyl (C=O) groups is 3. The average Bonchev–Trinajstić information content (AvgIpc) is 2.75. The number of anilines is 2. The molecule has 0 aromatic heterocycles. The lowest BCUT2D eigenvalue weighted by Crippen LogP contribution is -2.18. The Kier molecular flexibility index (Phi) is 7.53. The van der Waals surface area contributed by atoms with Crippen molar-refractivity contribution in [3.05, 3.63) is 89.7 Å². The second-order valence-corrected chi connectivity index (χ2v) is 6.66. The fourth-order valence-corrected chi connectivity index (χ4v) is 2.84. The van der Waals surface area contributed by atoms with Gasteiger partial charge in [0.15, 0.2) is 0 Å². The van der Waals surface area contributed by atoms with Crippen LogP contribution in [0, 0.1) is 5.82 Å². The first-order valence-electron chi connectivity index (χ1n) is 9.84. The molecule has 0 fully saturated rings. The highest BCUT2D eigenvalue weighted by molar-refractivity contribution is 6.07. The van der Waals surface area contributed by atoms with E-state index in [0.29, 0.717) is 22.5 Å². The van der Waals surface area contributed by atoms with Gasteiger partial charge in [0.1, 0.15) is 11.6 Å². The molecule has 164 valence electrons. The number of hydrogen-bond donors (Lipinski definition) is 2. The maximum absolute atomic E-state index is 13.3. The van der Waals surface area contributed by atoms with Crippen LogP contribution in [0.15, 0.2) is 72.8 Å².